The van der Waals surface area contributed by atoms with Gasteiger partial charge >= 0.3 is 0 Å². The lowest BCUT2D eigenvalue weighted by Gasteiger charge is -2.34. The van der Waals surface area contributed by atoms with Crippen molar-refractivity contribution in [3.63, 3.8) is 0 Å². The molecule has 0 radical (unpaired) electrons. The van der Waals surface area contributed by atoms with Gasteiger partial charge in [0.2, 0.25) is 0 Å². The topological polar surface area (TPSA) is 18.5 Å². The summed E-state index contributed by atoms with van der Waals surface area (Å²) in [6.45, 7) is 13.4. The highest BCUT2D eigenvalue weighted by molar-refractivity contribution is 4.87. The van der Waals surface area contributed by atoms with Crippen LogP contribution in [0.25, 0.3) is 0 Å². The minimum atomic E-state index is 0.778. The lowest BCUT2D eigenvalue weighted by Crippen LogP contribution is -2.47. The van der Waals surface area contributed by atoms with Gasteiger partial charge in [0.1, 0.15) is 0 Å². The summed E-state index contributed by atoms with van der Waals surface area (Å²) in [5.74, 6) is 0.778. The maximum absolute atomic E-state index is 3.53. The highest BCUT2D eigenvalue weighted by Gasteiger charge is 2.30. The third kappa shape index (κ3) is 5.25. The lowest BCUT2D eigenvalue weighted by atomic mass is 10.2. The highest BCUT2D eigenvalue weighted by Crippen LogP contribution is 2.27. The Bertz CT molecular complexity index is 218. The van der Waals surface area contributed by atoms with Crippen molar-refractivity contribution in [3.05, 3.63) is 0 Å². The van der Waals surface area contributed by atoms with Crippen molar-refractivity contribution < 1.29 is 0 Å². The molecule has 106 valence electrons. The fourth-order valence-electron chi connectivity index (χ4n) is 2.77. The second-order valence-corrected chi connectivity index (χ2v) is 6.41. The molecule has 3 nitrogen and oxygen atoms in total. The molecule has 1 aliphatic carbocycles. The largest absolute Gasteiger partial charge is 0.316 e. The summed E-state index contributed by atoms with van der Waals surface area (Å²) >= 11 is 0. The molecule has 1 N–H and O–H groups in total. The Morgan fingerprint density at radius 1 is 1.06 bits per heavy atom. The summed E-state index contributed by atoms with van der Waals surface area (Å²) in [5.41, 5.74) is 0. The summed E-state index contributed by atoms with van der Waals surface area (Å²) in [6, 6.07) is 0.965. The van der Waals surface area contributed by atoms with Gasteiger partial charge in [-0.15, -0.1) is 0 Å². The quantitative estimate of drug-likeness (QED) is 0.665. The Morgan fingerprint density at radius 3 is 2.39 bits per heavy atom. The van der Waals surface area contributed by atoms with Crippen LogP contribution in [0.15, 0.2) is 0 Å². The first-order chi connectivity index (χ1) is 8.75. The second-order valence-electron chi connectivity index (χ2n) is 6.41. The zero-order valence-electron chi connectivity index (χ0n) is 12.3. The number of hydrogen-bond donors (Lipinski definition) is 1. The minimum absolute atomic E-state index is 0.778. The SMILES string of the molecule is CC(C)CNCCCCN1CCN(C2CC2)CC1. The number of nitrogens with zero attached hydrogens (tertiary/aromatic N) is 2. The molecule has 0 amide bonds. The number of piperazine rings is 1. The third-order valence-electron chi connectivity index (χ3n) is 4.10. The fourth-order valence-corrected chi connectivity index (χ4v) is 2.77. The van der Waals surface area contributed by atoms with Crippen LogP contribution < -0.4 is 5.32 Å². The molecule has 0 aromatic rings. The van der Waals surface area contributed by atoms with Crippen LogP contribution in [0, 0.1) is 5.92 Å². The predicted octanol–water partition coefficient (Wildman–Crippen LogP) is 1.79. The van der Waals surface area contributed by atoms with Gasteiger partial charge in [0.05, 0.1) is 0 Å². The average molecular weight is 253 g/mol. The number of nitrogens with one attached hydrogen (secondary N) is 1. The lowest BCUT2D eigenvalue weighted by molar-refractivity contribution is 0.125. The van der Waals surface area contributed by atoms with Crippen LogP contribution in [-0.2, 0) is 0 Å². The van der Waals surface area contributed by atoms with Crippen molar-refractivity contribution >= 4 is 0 Å². The molecular formula is C15H31N3. The first kappa shape index (κ1) is 14.3. The summed E-state index contributed by atoms with van der Waals surface area (Å²) < 4.78 is 0. The summed E-state index contributed by atoms with van der Waals surface area (Å²) in [6.07, 6.45) is 5.60. The molecule has 0 spiro atoms. The third-order valence-corrected chi connectivity index (χ3v) is 4.10. The van der Waals surface area contributed by atoms with Gasteiger partial charge in [-0.1, -0.05) is 13.8 Å². The Hall–Kier alpha value is -0.120. The predicted molar refractivity (Wildman–Crippen MR) is 78.0 cm³/mol. The fraction of sp³-hybridized carbons (Fsp3) is 1.00. The molecule has 0 aromatic carbocycles. The van der Waals surface area contributed by atoms with Gasteiger partial charge in [0.25, 0.3) is 0 Å². The van der Waals surface area contributed by atoms with Crippen molar-refractivity contribution in [2.24, 2.45) is 5.92 Å². The van der Waals surface area contributed by atoms with E-state index in [-0.39, 0.29) is 0 Å². The van der Waals surface area contributed by atoms with E-state index in [1.807, 2.05) is 0 Å². The van der Waals surface area contributed by atoms with Crippen LogP contribution in [0.5, 0.6) is 0 Å². The average Bonchev–Trinajstić information content (AvgIpc) is 3.18. The van der Waals surface area contributed by atoms with Gasteiger partial charge in [-0.05, 0) is 51.2 Å². The molecule has 0 unspecified atom stereocenters. The van der Waals surface area contributed by atoms with Crippen LogP contribution in [0.3, 0.4) is 0 Å². The summed E-state index contributed by atoms with van der Waals surface area (Å²) in [4.78, 5) is 5.35. The van der Waals surface area contributed by atoms with Crippen LogP contribution in [0.1, 0.15) is 39.5 Å². The molecule has 3 heteroatoms. The van der Waals surface area contributed by atoms with Crippen molar-refractivity contribution in [2.75, 3.05) is 45.8 Å². The van der Waals surface area contributed by atoms with Crippen molar-refractivity contribution in [3.8, 4) is 0 Å². The highest BCUT2D eigenvalue weighted by atomic mass is 15.3. The molecule has 1 saturated heterocycles. The molecule has 18 heavy (non-hydrogen) atoms. The maximum atomic E-state index is 3.53. The molecule has 1 aliphatic heterocycles. The van der Waals surface area contributed by atoms with Crippen LogP contribution in [0.2, 0.25) is 0 Å². The van der Waals surface area contributed by atoms with Gasteiger partial charge in [0, 0.05) is 32.2 Å². The maximum Gasteiger partial charge on any atom is 0.0113 e. The van der Waals surface area contributed by atoms with E-state index in [0.717, 1.165) is 12.0 Å². The van der Waals surface area contributed by atoms with Crippen molar-refractivity contribution in [1.82, 2.24) is 15.1 Å². The standard InChI is InChI=1S/C15H31N3/c1-14(2)13-16-7-3-4-8-17-9-11-18(12-10-17)15-5-6-15/h14-16H,3-13H2,1-2H3. The van der Waals surface area contributed by atoms with Gasteiger partial charge in [-0.2, -0.15) is 0 Å². The first-order valence-corrected chi connectivity index (χ1v) is 7.93. The molecule has 0 bridgehead atoms. The number of rotatable bonds is 8. The zero-order valence-corrected chi connectivity index (χ0v) is 12.3. The Morgan fingerprint density at radius 2 is 1.78 bits per heavy atom. The van der Waals surface area contributed by atoms with E-state index >= 15 is 0 Å². The zero-order chi connectivity index (χ0) is 12.8. The molecule has 2 fully saturated rings. The van der Waals surface area contributed by atoms with Gasteiger partial charge in [-0.25, -0.2) is 0 Å². The van der Waals surface area contributed by atoms with Crippen LogP contribution in [-0.4, -0.2) is 61.7 Å². The van der Waals surface area contributed by atoms with Gasteiger partial charge in [0.15, 0.2) is 0 Å². The molecule has 1 heterocycles. The number of unbranched alkanes of at least 4 members (excludes halogenated alkanes) is 1. The van der Waals surface area contributed by atoms with E-state index in [2.05, 4.69) is 29.0 Å². The van der Waals surface area contributed by atoms with Crippen LogP contribution in [0.4, 0.5) is 0 Å². The molecule has 0 atom stereocenters. The molecule has 2 rings (SSSR count). The van der Waals surface area contributed by atoms with E-state index in [0.29, 0.717) is 0 Å². The molecule has 0 aromatic heterocycles. The van der Waals surface area contributed by atoms with E-state index in [9.17, 15) is 0 Å². The Kier molecular flexibility index (Phi) is 5.93. The Labute approximate surface area is 113 Å². The normalized spacial score (nSPS) is 22.8. The van der Waals surface area contributed by atoms with Gasteiger partial charge < -0.3 is 10.2 Å². The molecular weight excluding hydrogens is 222 g/mol. The van der Waals surface area contributed by atoms with E-state index < -0.39 is 0 Å². The van der Waals surface area contributed by atoms with Crippen molar-refractivity contribution in [2.45, 2.75) is 45.6 Å². The Balaban J connectivity index is 1.43. The molecule has 1 saturated carbocycles. The first-order valence-electron chi connectivity index (χ1n) is 7.93. The number of hydrogen-bond acceptors (Lipinski definition) is 3. The second kappa shape index (κ2) is 7.46. The van der Waals surface area contributed by atoms with E-state index in [4.69, 9.17) is 0 Å². The van der Waals surface area contributed by atoms with E-state index in [1.165, 1.54) is 71.5 Å². The monoisotopic (exact) mass is 253 g/mol. The van der Waals surface area contributed by atoms with Crippen molar-refractivity contribution in [1.29, 1.82) is 0 Å². The summed E-state index contributed by atoms with van der Waals surface area (Å²) in [5, 5.41) is 3.53. The van der Waals surface area contributed by atoms with Gasteiger partial charge in [-0.3, -0.25) is 4.90 Å². The van der Waals surface area contributed by atoms with Crippen LogP contribution >= 0.6 is 0 Å². The smallest absolute Gasteiger partial charge is 0.0113 e. The molecule has 2 aliphatic rings. The minimum Gasteiger partial charge on any atom is -0.316 e. The van der Waals surface area contributed by atoms with E-state index in [1.54, 1.807) is 0 Å². The summed E-state index contributed by atoms with van der Waals surface area (Å²) in [7, 11) is 0.